The number of thiophene rings is 1. The van der Waals surface area contributed by atoms with Gasteiger partial charge in [-0.05, 0) is 54.9 Å². The molecule has 0 bridgehead atoms. The molecule has 4 atom stereocenters. The first-order valence-electron chi connectivity index (χ1n) is 13.5. The lowest BCUT2D eigenvalue weighted by Gasteiger charge is -2.34. The number of nitrogens with zero attached hydrogens (tertiary/aromatic N) is 1. The Kier molecular flexibility index (Phi) is 8.32. The lowest BCUT2D eigenvalue weighted by atomic mass is 9.86. The van der Waals surface area contributed by atoms with Gasteiger partial charge >= 0.3 is 6.03 Å². The monoisotopic (exact) mass is 581 g/mol. The number of nitrogens with one attached hydrogen (secondary N) is 4. The van der Waals surface area contributed by atoms with Crippen LogP contribution in [-0.4, -0.2) is 73.0 Å². The molecular formula is C26H39N5O6S2. The summed E-state index contributed by atoms with van der Waals surface area (Å²) in [6, 6.07) is 0.119. The van der Waals surface area contributed by atoms with Crippen molar-refractivity contribution in [3.63, 3.8) is 0 Å². The Balaban J connectivity index is 1.40. The third-order valence-electron chi connectivity index (χ3n) is 7.96. The van der Waals surface area contributed by atoms with Crippen molar-refractivity contribution in [1.29, 1.82) is 0 Å². The van der Waals surface area contributed by atoms with Crippen molar-refractivity contribution >= 4 is 45.1 Å². The minimum atomic E-state index is -3.75. The minimum absolute atomic E-state index is 0.170. The molecular weight excluding hydrogens is 542 g/mol. The molecule has 1 unspecified atom stereocenters. The fraction of sp³-hybridized carbons (Fsp3) is 0.692. The van der Waals surface area contributed by atoms with Gasteiger partial charge in [0.15, 0.2) is 0 Å². The molecule has 0 spiro atoms. The summed E-state index contributed by atoms with van der Waals surface area (Å²) in [5, 5.41) is 11.7. The topological polar surface area (TPSA) is 154 Å². The third-order valence-corrected chi connectivity index (χ3v) is 10.5. The molecule has 1 aliphatic heterocycles. The lowest BCUT2D eigenvalue weighted by Crippen LogP contribution is -2.59. The highest BCUT2D eigenvalue weighted by Crippen LogP contribution is 2.46. The van der Waals surface area contributed by atoms with Crippen LogP contribution in [0.15, 0.2) is 16.8 Å². The van der Waals surface area contributed by atoms with Crippen molar-refractivity contribution < 1.29 is 27.6 Å². The maximum atomic E-state index is 13.4. The first kappa shape index (κ1) is 29.3. The molecule has 4 N–H and O–H groups in total. The minimum Gasteiger partial charge on any atom is -0.350 e. The number of carbonyl (C=O) groups is 4. The molecule has 0 radical (unpaired) electrons. The van der Waals surface area contributed by atoms with Crippen LogP contribution >= 0.6 is 11.3 Å². The summed E-state index contributed by atoms with van der Waals surface area (Å²) >= 11 is 1.43. The zero-order valence-electron chi connectivity index (χ0n) is 22.9. The van der Waals surface area contributed by atoms with E-state index in [2.05, 4.69) is 20.7 Å². The highest BCUT2D eigenvalue weighted by atomic mass is 32.2. The summed E-state index contributed by atoms with van der Waals surface area (Å²) < 4.78 is 26.9. The van der Waals surface area contributed by atoms with Crippen molar-refractivity contribution in [2.24, 2.45) is 11.3 Å². The van der Waals surface area contributed by atoms with Crippen molar-refractivity contribution in [2.45, 2.75) is 89.1 Å². The second-order valence-corrected chi connectivity index (χ2v) is 14.6. The number of rotatable bonds is 10. The summed E-state index contributed by atoms with van der Waals surface area (Å²) in [6.07, 6.45) is 3.07. The zero-order chi connectivity index (χ0) is 28.6. The van der Waals surface area contributed by atoms with Gasteiger partial charge in [0.25, 0.3) is 11.8 Å². The molecule has 13 heteroatoms. The van der Waals surface area contributed by atoms with Crippen LogP contribution in [0.1, 0.15) is 76.6 Å². The molecule has 2 saturated carbocycles. The van der Waals surface area contributed by atoms with Gasteiger partial charge in [0.05, 0.1) is 11.3 Å². The number of amides is 5. The average molecular weight is 582 g/mol. The van der Waals surface area contributed by atoms with Crippen molar-refractivity contribution in [3.8, 4) is 0 Å². The van der Waals surface area contributed by atoms with E-state index in [0.717, 1.165) is 0 Å². The molecule has 1 aromatic heterocycles. The molecule has 2 heterocycles. The Morgan fingerprint density at radius 3 is 2.46 bits per heavy atom. The molecule has 2 aliphatic carbocycles. The molecule has 11 nitrogen and oxygen atoms in total. The van der Waals surface area contributed by atoms with Crippen LogP contribution in [0.3, 0.4) is 0 Å². The van der Waals surface area contributed by atoms with E-state index in [1.54, 1.807) is 11.4 Å². The van der Waals surface area contributed by atoms with Gasteiger partial charge < -0.3 is 20.9 Å². The summed E-state index contributed by atoms with van der Waals surface area (Å²) in [5.41, 5.74) is -1.10. The second kappa shape index (κ2) is 11.1. The Bertz CT molecular complexity index is 1210. The smallest absolute Gasteiger partial charge is 0.318 e. The fourth-order valence-corrected chi connectivity index (χ4v) is 7.07. The molecule has 1 saturated heterocycles. The number of likely N-dealkylation sites (tertiary alicyclic amines) is 1. The van der Waals surface area contributed by atoms with Gasteiger partial charge in [0.1, 0.15) is 11.6 Å². The largest absolute Gasteiger partial charge is 0.350 e. The first-order chi connectivity index (χ1) is 18.3. The zero-order valence-corrected chi connectivity index (χ0v) is 24.5. The van der Waals surface area contributed by atoms with Gasteiger partial charge in [-0.2, -0.15) is 11.3 Å². The van der Waals surface area contributed by atoms with E-state index >= 15 is 0 Å². The molecule has 1 aromatic rings. The number of sulfonamides is 1. The maximum absolute atomic E-state index is 13.4. The van der Waals surface area contributed by atoms with E-state index < -0.39 is 50.7 Å². The third kappa shape index (κ3) is 6.56. The van der Waals surface area contributed by atoms with Crippen molar-refractivity contribution in [1.82, 2.24) is 25.6 Å². The van der Waals surface area contributed by atoms with Gasteiger partial charge in [-0.1, -0.05) is 34.1 Å². The van der Waals surface area contributed by atoms with Gasteiger partial charge in [-0.3, -0.25) is 19.1 Å². The Morgan fingerprint density at radius 1 is 1.18 bits per heavy atom. The number of carbonyl (C=O) groups excluding carboxylic acids is 4. The van der Waals surface area contributed by atoms with Crippen LogP contribution in [0.5, 0.6) is 0 Å². The van der Waals surface area contributed by atoms with E-state index in [1.807, 2.05) is 33.1 Å². The summed E-state index contributed by atoms with van der Waals surface area (Å²) in [5.74, 6) is -1.55. The molecule has 216 valence electrons. The summed E-state index contributed by atoms with van der Waals surface area (Å²) in [6.45, 7) is 8.34. The summed E-state index contributed by atoms with van der Waals surface area (Å²) in [7, 11) is -3.75. The molecule has 39 heavy (non-hydrogen) atoms. The molecule has 4 rings (SSSR count). The van der Waals surface area contributed by atoms with Crippen LogP contribution in [-0.2, 0) is 19.6 Å². The van der Waals surface area contributed by atoms with Gasteiger partial charge in [-0.25, -0.2) is 13.2 Å². The van der Waals surface area contributed by atoms with E-state index in [1.165, 1.54) is 16.2 Å². The average Bonchev–Trinajstić information content (AvgIpc) is 3.71. The SMILES string of the molecule is CC[C@@H]1C[C@]1(NC(=O)C1CCCN1C(=O)N[C@H](CNC(=O)c1ccsc1)C(C)(C)C)C(=O)NS(=O)(=O)C1CC1. The fourth-order valence-electron chi connectivity index (χ4n) is 5.07. The molecule has 3 aliphatic rings. The van der Waals surface area contributed by atoms with Crippen LogP contribution < -0.4 is 20.7 Å². The van der Waals surface area contributed by atoms with Gasteiger partial charge in [0.2, 0.25) is 15.9 Å². The van der Waals surface area contributed by atoms with Crippen LogP contribution in [0, 0.1) is 11.3 Å². The number of hydrogen-bond donors (Lipinski definition) is 4. The maximum Gasteiger partial charge on any atom is 0.318 e. The molecule has 3 fully saturated rings. The Hall–Kier alpha value is -2.67. The van der Waals surface area contributed by atoms with Crippen molar-refractivity contribution in [2.75, 3.05) is 13.1 Å². The van der Waals surface area contributed by atoms with E-state index in [0.29, 0.717) is 50.6 Å². The van der Waals surface area contributed by atoms with Crippen LogP contribution in [0.4, 0.5) is 4.79 Å². The van der Waals surface area contributed by atoms with Crippen LogP contribution in [0.2, 0.25) is 0 Å². The summed E-state index contributed by atoms with van der Waals surface area (Å²) in [4.78, 5) is 53.7. The lowest BCUT2D eigenvalue weighted by molar-refractivity contribution is -0.131. The van der Waals surface area contributed by atoms with Crippen LogP contribution in [0.25, 0.3) is 0 Å². The second-order valence-electron chi connectivity index (χ2n) is 11.9. The molecule has 5 amide bonds. The highest BCUT2D eigenvalue weighted by Gasteiger charge is 2.61. The Morgan fingerprint density at radius 2 is 1.90 bits per heavy atom. The van der Waals surface area contributed by atoms with E-state index in [9.17, 15) is 27.6 Å². The normalized spacial score (nSPS) is 25.5. The predicted octanol–water partition coefficient (Wildman–Crippen LogP) is 1.96. The van der Waals surface area contributed by atoms with Crippen molar-refractivity contribution in [3.05, 3.63) is 22.4 Å². The standard InChI is InChI=1S/C26H39N5O6S2/c1-5-17-13-26(17,23(34)30-39(36,37)18-8-9-18)29-22(33)19-7-6-11-31(19)24(35)28-20(25(2,3)4)14-27-21(32)16-10-12-38-15-16/h10,12,15,17-20H,5-9,11,13-14H2,1-4H3,(H,27,32)(H,28,35)(H,29,33)(H,30,34)/t17-,19?,20-,26-/m1/s1. The predicted molar refractivity (Wildman–Crippen MR) is 148 cm³/mol. The highest BCUT2D eigenvalue weighted by molar-refractivity contribution is 7.91. The first-order valence-corrected chi connectivity index (χ1v) is 16.0. The van der Waals surface area contributed by atoms with E-state index in [-0.39, 0.29) is 23.8 Å². The Labute approximate surface area is 233 Å². The van der Waals surface area contributed by atoms with Gasteiger partial charge in [0, 0.05) is 24.0 Å². The number of urea groups is 1. The molecule has 0 aromatic carbocycles. The number of hydrogen-bond acceptors (Lipinski definition) is 7. The van der Waals surface area contributed by atoms with E-state index in [4.69, 9.17) is 0 Å². The quantitative estimate of drug-likeness (QED) is 0.331. The van der Waals surface area contributed by atoms with Gasteiger partial charge in [-0.15, -0.1) is 0 Å².